The summed E-state index contributed by atoms with van der Waals surface area (Å²) in [4.78, 5) is 2.18. The smallest absolute Gasteiger partial charge is 0.0978 e. The maximum absolute atomic E-state index is 4.73. The van der Waals surface area contributed by atoms with Crippen LogP contribution in [0.2, 0.25) is 0 Å². The molecule has 3 heteroatoms. The highest BCUT2D eigenvalue weighted by Crippen LogP contribution is 2.26. The predicted molar refractivity (Wildman–Crippen MR) is 78.0 cm³/mol. The van der Waals surface area contributed by atoms with Gasteiger partial charge in [0.1, 0.15) is 0 Å². The highest BCUT2D eigenvalue weighted by molar-refractivity contribution is 5.72. The number of benzene rings is 1. The first kappa shape index (κ1) is 11.9. The fourth-order valence-corrected chi connectivity index (χ4v) is 2.35. The third kappa shape index (κ3) is 2.25. The Kier molecular flexibility index (Phi) is 3.05. The third-order valence-corrected chi connectivity index (χ3v) is 3.16. The molecule has 0 aliphatic heterocycles. The summed E-state index contributed by atoms with van der Waals surface area (Å²) in [6.07, 6.45) is 2.00. The number of hydrogen-bond acceptors (Lipinski definition) is 2. The van der Waals surface area contributed by atoms with Crippen molar-refractivity contribution in [3.8, 4) is 11.3 Å². The monoisotopic (exact) mass is 251 g/mol. The number of nitrogens with zero attached hydrogens (tertiary/aromatic N) is 3. The molecule has 0 aliphatic rings. The van der Waals surface area contributed by atoms with E-state index in [1.54, 1.807) is 0 Å². The van der Waals surface area contributed by atoms with Crippen LogP contribution < -0.4 is 0 Å². The van der Waals surface area contributed by atoms with Gasteiger partial charge in [-0.25, -0.2) is 4.52 Å². The van der Waals surface area contributed by atoms with Crippen LogP contribution in [-0.4, -0.2) is 28.6 Å². The molecule has 3 rings (SSSR count). The summed E-state index contributed by atoms with van der Waals surface area (Å²) in [7, 11) is 4.17. The maximum Gasteiger partial charge on any atom is 0.0978 e. The van der Waals surface area contributed by atoms with Crippen LogP contribution in [0.5, 0.6) is 0 Å². The van der Waals surface area contributed by atoms with E-state index >= 15 is 0 Å². The summed E-state index contributed by atoms with van der Waals surface area (Å²) in [5, 5.41) is 4.73. The van der Waals surface area contributed by atoms with Crippen LogP contribution in [0.4, 0.5) is 0 Å². The Hall–Kier alpha value is -2.13. The van der Waals surface area contributed by atoms with Crippen molar-refractivity contribution in [3.05, 3.63) is 60.3 Å². The van der Waals surface area contributed by atoms with Crippen LogP contribution in [0.3, 0.4) is 0 Å². The molecule has 0 amide bonds. The molecule has 0 saturated carbocycles. The van der Waals surface area contributed by atoms with Crippen LogP contribution in [0.25, 0.3) is 16.8 Å². The Labute approximate surface area is 113 Å². The number of aromatic nitrogens is 2. The molecule has 0 aliphatic carbocycles. The quantitative estimate of drug-likeness (QED) is 0.713. The predicted octanol–water partition coefficient (Wildman–Crippen LogP) is 3.06. The fourth-order valence-electron chi connectivity index (χ4n) is 2.35. The van der Waals surface area contributed by atoms with E-state index in [4.69, 9.17) is 5.10 Å². The van der Waals surface area contributed by atoms with Crippen molar-refractivity contribution in [1.82, 2.24) is 14.5 Å². The van der Waals surface area contributed by atoms with Crippen molar-refractivity contribution in [3.63, 3.8) is 0 Å². The van der Waals surface area contributed by atoms with E-state index in [9.17, 15) is 0 Å². The second-order valence-electron chi connectivity index (χ2n) is 4.96. The molecule has 3 nitrogen and oxygen atoms in total. The zero-order valence-electron chi connectivity index (χ0n) is 11.2. The second-order valence-corrected chi connectivity index (χ2v) is 4.96. The molecule has 0 saturated heterocycles. The van der Waals surface area contributed by atoms with Crippen LogP contribution in [0.1, 0.15) is 5.56 Å². The van der Waals surface area contributed by atoms with Gasteiger partial charge < -0.3 is 4.90 Å². The Morgan fingerprint density at radius 2 is 1.74 bits per heavy atom. The van der Waals surface area contributed by atoms with Gasteiger partial charge in [-0.3, -0.25) is 0 Å². The SMILES string of the molecule is CN(C)Cc1c(-c2ccccc2)nn2ccccc12. The van der Waals surface area contributed by atoms with Gasteiger partial charge in [-0.05, 0) is 26.2 Å². The molecular formula is C16H17N3. The summed E-state index contributed by atoms with van der Waals surface area (Å²) in [6.45, 7) is 0.887. The number of pyridine rings is 1. The maximum atomic E-state index is 4.73. The van der Waals surface area contributed by atoms with Crippen LogP contribution >= 0.6 is 0 Å². The fraction of sp³-hybridized carbons (Fsp3) is 0.188. The summed E-state index contributed by atoms with van der Waals surface area (Å²) in [5.41, 5.74) is 4.69. The first-order chi connectivity index (χ1) is 9.25. The summed E-state index contributed by atoms with van der Waals surface area (Å²) < 4.78 is 1.96. The standard InChI is InChI=1S/C16H17N3/c1-18(2)12-14-15-10-6-7-11-19(15)17-16(14)13-8-4-3-5-9-13/h3-11H,12H2,1-2H3. The normalized spacial score (nSPS) is 11.3. The van der Waals surface area contributed by atoms with E-state index in [1.807, 2.05) is 22.8 Å². The van der Waals surface area contributed by atoms with Crippen molar-refractivity contribution < 1.29 is 0 Å². The molecule has 3 aromatic rings. The molecule has 0 unspecified atom stereocenters. The van der Waals surface area contributed by atoms with E-state index < -0.39 is 0 Å². The molecular weight excluding hydrogens is 234 g/mol. The van der Waals surface area contributed by atoms with Gasteiger partial charge in [0.15, 0.2) is 0 Å². The Balaban J connectivity index is 2.23. The van der Waals surface area contributed by atoms with E-state index in [0.717, 1.165) is 12.2 Å². The number of fused-ring (bicyclic) bond motifs is 1. The van der Waals surface area contributed by atoms with Gasteiger partial charge in [0, 0.05) is 23.9 Å². The largest absolute Gasteiger partial charge is 0.305 e. The minimum Gasteiger partial charge on any atom is -0.305 e. The molecule has 0 bridgehead atoms. The molecule has 19 heavy (non-hydrogen) atoms. The van der Waals surface area contributed by atoms with Crippen molar-refractivity contribution in [2.45, 2.75) is 6.54 Å². The van der Waals surface area contributed by atoms with E-state index in [2.05, 4.69) is 55.4 Å². The average Bonchev–Trinajstić information content (AvgIpc) is 2.78. The highest BCUT2D eigenvalue weighted by atomic mass is 15.2. The average molecular weight is 251 g/mol. The molecule has 0 fully saturated rings. The van der Waals surface area contributed by atoms with Crippen molar-refractivity contribution in [2.24, 2.45) is 0 Å². The Morgan fingerprint density at radius 3 is 2.47 bits per heavy atom. The molecule has 2 aromatic heterocycles. The molecule has 0 atom stereocenters. The Morgan fingerprint density at radius 1 is 1.00 bits per heavy atom. The van der Waals surface area contributed by atoms with E-state index in [1.165, 1.54) is 16.6 Å². The lowest BCUT2D eigenvalue weighted by Crippen LogP contribution is -2.11. The number of hydrogen-bond donors (Lipinski definition) is 0. The van der Waals surface area contributed by atoms with Gasteiger partial charge in [-0.2, -0.15) is 5.10 Å². The van der Waals surface area contributed by atoms with Gasteiger partial charge in [-0.15, -0.1) is 0 Å². The summed E-state index contributed by atoms with van der Waals surface area (Å²) in [6, 6.07) is 16.6. The van der Waals surface area contributed by atoms with E-state index in [-0.39, 0.29) is 0 Å². The van der Waals surface area contributed by atoms with Crippen LogP contribution in [0, 0.1) is 0 Å². The van der Waals surface area contributed by atoms with Gasteiger partial charge in [0.05, 0.1) is 11.2 Å². The molecule has 0 spiro atoms. The highest BCUT2D eigenvalue weighted by Gasteiger charge is 2.14. The molecule has 0 radical (unpaired) electrons. The third-order valence-electron chi connectivity index (χ3n) is 3.16. The lowest BCUT2D eigenvalue weighted by Gasteiger charge is -2.10. The summed E-state index contributed by atoms with van der Waals surface area (Å²) in [5.74, 6) is 0. The lowest BCUT2D eigenvalue weighted by molar-refractivity contribution is 0.404. The molecule has 1 aromatic carbocycles. The first-order valence-corrected chi connectivity index (χ1v) is 6.42. The zero-order valence-corrected chi connectivity index (χ0v) is 11.2. The number of rotatable bonds is 3. The first-order valence-electron chi connectivity index (χ1n) is 6.42. The van der Waals surface area contributed by atoms with Crippen LogP contribution in [-0.2, 0) is 6.54 Å². The second kappa shape index (κ2) is 4.86. The Bertz CT molecular complexity index is 684. The van der Waals surface area contributed by atoms with Gasteiger partial charge in [-0.1, -0.05) is 36.4 Å². The van der Waals surface area contributed by atoms with Crippen molar-refractivity contribution >= 4 is 5.52 Å². The minimum absolute atomic E-state index is 0.887. The van der Waals surface area contributed by atoms with E-state index in [0.29, 0.717) is 0 Å². The summed E-state index contributed by atoms with van der Waals surface area (Å²) >= 11 is 0. The van der Waals surface area contributed by atoms with Crippen molar-refractivity contribution in [2.75, 3.05) is 14.1 Å². The zero-order chi connectivity index (χ0) is 13.2. The van der Waals surface area contributed by atoms with Gasteiger partial charge in [0.25, 0.3) is 0 Å². The molecule has 2 heterocycles. The van der Waals surface area contributed by atoms with Gasteiger partial charge >= 0.3 is 0 Å². The van der Waals surface area contributed by atoms with Gasteiger partial charge in [0.2, 0.25) is 0 Å². The topological polar surface area (TPSA) is 20.5 Å². The van der Waals surface area contributed by atoms with Crippen LogP contribution in [0.15, 0.2) is 54.7 Å². The van der Waals surface area contributed by atoms with Crippen molar-refractivity contribution in [1.29, 1.82) is 0 Å². The minimum atomic E-state index is 0.887. The lowest BCUT2D eigenvalue weighted by atomic mass is 10.1. The molecule has 0 N–H and O–H groups in total. The molecule has 96 valence electrons.